The molecule has 0 aliphatic carbocycles. The summed E-state index contributed by atoms with van der Waals surface area (Å²) in [6, 6.07) is 15.7. The van der Waals surface area contributed by atoms with Crippen molar-refractivity contribution in [2.75, 3.05) is 7.11 Å². The first-order chi connectivity index (χ1) is 13.7. The summed E-state index contributed by atoms with van der Waals surface area (Å²) in [5.41, 5.74) is 2.98. The van der Waals surface area contributed by atoms with E-state index < -0.39 is 0 Å². The molecule has 28 heavy (non-hydrogen) atoms. The molecule has 0 bridgehead atoms. The smallest absolute Gasteiger partial charge is 0.191 e. The molecule has 0 fully saturated rings. The third kappa shape index (κ3) is 3.45. The summed E-state index contributed by atoms with van der Waals surface area (Å²) in [5, 5.41) is 11.4. The molecule has 7 heteroatoms. The fraction of sp³-hybridized carbons (Fsp3) is 0.190. The maximum absolute atomic E-state index is 6.31. The molecule has 0 saturated carbocycles. The minimum atomic E-state index is 0.715. The number of fused-ring (bicyclic) bond motifs is 1. The van der Waals surface area contributed by atoms with Gasteiger partial charge in [0.1, 0.15) is 5.75 Å². The largest absolute Gasteiger partial charge is 0.496 e. The van der Waals surface area contributed by atoms with Crippen molar-refractivity contribution in [2.24, 2.45) is 0 Å². The number of benzene rings is 2. The van der Waals surface area contributed by atoms with Crippen LogP contribution >= 0.6 is 23.4 Å². The van der Waals surface area contributed by atoms with Crippen molar-refractivity contribution >= 4 is 34.3 Å². The minimum Gasteiger partial charge on any atom is -0.496 e. The third-order valence-corrected chi connectivity index (χ3v) is 5.88. The van der Waals surface area contributed by atoms with Crippen molar-refractivity contribution in [3.8, 4) is 17.1 Å². The molecule has 0 spiro atoms. The Hall–Kier alpha value is -2.57. The summed E-state index contributed by atoms with van der Waals surface area (Å²) in [7, 11) is 1.67. The fourth-order valence-corrected chi connectivity index (χ4v) is 4.37. The second kappa shape index (κ2) is 8.20. The topological polar surface area (TPSA) is 52.8 Å². The van der Waals surface area contributed by atoms with Gasteiger partial charge in [0.15, 0.2) is 11.0 Å². The van der Waals surface area contributed by atoms with Gasteiger partial charge in [0, 0.05) is 28.9 Å². The third-order valence-electron chi connectivity index (χ3n) is 4.54. The van der Waals surface area contributed by atoms with Crippen LogP contribution in [0.1, 0.15) is 12.5 Å². The predicted octanol–water partition coefficient (Wildman–Crippen LogP) is 5.47. The summed E-state index contributed by atoms with van der Waals surface area (Å²) in [6.45, 7) is 2.86. The van der Waals surface area contributed by atoms with Gasteiger partial charge in [-0.3, -0.25) is 4.98 Å². The Balaban J connectivity index is 1.65. The second-order valence-electron chi connectivity index (χ2n) is 6.15. The number of pyridine rings is 1. The van der Waals surface area contributed by atoms with E-state index in [1.165, 1.54) is 0 Å². The quantitative estimate of drug-likeness (QED) is 0.394. The van der Waals surface area contributed by atoms with Gasteiger partial charge in [0.25, 0.3) is 0 Å². The van der Waals surface area contributed by atoms with Crippen LogP contribution in [0.4, 0.5) is 0 Å². The first-order valence-corrected chi connectivity index (χ1v) is 10.3. The first kappa shape index (κ1) is 18.8. The number of ether oxygens (including phenoxy) is 1. The number of thioether (sulfide) groups is 1. The molecular weight excluding hydrogens is 392 g/mol. The summed E-state index contributed by atoms with van der Waals surface area (Å²) in [6.07, 6.45) is 1.79. The van der Waals surface area contributed by atoms with E-state index in [1.807, 2.05) is 48.5 Å². The maximum atomic E-state index is 6.31. The lowest BCUT2D eigenvalue weighted by molar-refractivity contribution is 0.416. The van der Waals surface area contributed by atoms with Crippen LogP contribution in [0, 0.1) is 0 Å². The average molecular weight is 411 g/mol. The van der Waals surface area contributed by atoms with Gasteiger partial charge in [0.2, 0.25) is 0 Å². The van der Waals surface area contributed by atoms with Crippen LogP contribution in [0.5, 0.6) is 5.75 Å². The SMILES string of the molecule is CCn1c(SCc2ccc(Cl)c3cccnc23)nnc1-c1ccccc1OC. The molecule has 4 rings (SSSR count). The van der Waals surface area contributed by atoms with Crippen LogP contribution in [0.25, 0.3) is 22.3 Å². The van der Waals surface area contributed by atoms with Crippen LogP contribution in [-0.2, 0) is 12.3 Å². The Bertz CT molecular complexity index is 1130. The van der Waals surface area contributed by atoms with E-state index in [4.69, 9.17) is 16.3 Å². The van der Waals surface area contributed by atoms with Crippen molar-refractivity contribution in [3.05, 3.63) is 65.3 Å². The molecule has 0 atom stereocenters. The molecular formula is C21H19ClN4OS. The van der Waals surface area contributed by atoms with Gasteiger partial charge in [-0.1, -0.05) is 41.6 Å². The highest BCUT2D eigenvalue weighted by Gasteiger charge is 2.17. The standard InChI is InChI=1S/C21H19ClN4OS/c1-3-26-20(16-7-4-5-9-18(16)27-2)24-25-21(26)28-13-14-10-11-17(22)15-8-6-12-23-19(14)15/h4-12H,3,13H2,1-2H3. The monoisotopic (exact) mass is 410 g/mol. The number of methoxy groups -OCH3 is 1. The van der Waals surface area contributed by atoms with E-state index in [0.29, 0.717) is 5.02 Å². The molecule has 4 aromatic rings. The van der Waals surface area contributed by atoms with E-state index >= 15 is 0 Å². The second-order valence-corrected chi connectivity index (χ2v) is 7.50. The number of aromatic nitrogens is 4. The number of hydrogen-bond acceptors (Lipinski definition) is 5. The van der Waals surface area contributed by atoms with Crippen molar-refractivity contribution in [2.45, 2.75) is 24.4 Å². The van der Waals surface area contributed by atoms with E-state index in [0.717, 1.165) is 51.1 Å². The van der Waals surface area contributed by atoms with Gasteiger partial charge in [-0.25, -0.2) is 0 Å². The van der Waals surface area contributed by atoms with Crippen LogP contribution in [0.15, 0.2) is 59.9 Å². The van der Waals surface area contributed by atoms with Gasteiger partial charge >= 0.3 is 0 Å². The molecule has 5 nitrogen and oxygen atoms in total. The lowest BCUT2D eigenvalue weighted by Crippen LogP contribution is -2.01. The van der Waals surface area contributed by atoms with Crippen LogP contribution < -0.4 is 4.74 Å². The molecule has 0 N–H and O–H groups in total. The van der Waals surface area contributed by atoms with Gasteiger partial charge in [-0.15, -0.1) is 10.2 Å². The van der Waals surface area contributed by atoms with Crippen LogP contribution in [0.3, 0.4) is 0 Å². The maximum Gasteiger partial charge on any atom is 0.191 e. The van der Waals surface area contributed by atoms with E-state index in [2.05, 4.69) is 26.7 Å². The van der Waals surface area contributed by atoms with E-state index in [1.54, 1.807) is 25.1 Å². The van der Waals surface area contributed by atoms with Crippen LogP contribution in [0.2, 0.25) is 5.02 Å². The number of rotatable bonds is 6. The van der Waals surface area contributed by atoms with Crippen molar-refractivity contribution in [1.82, 2.24) is 19.7 Å². The van der Waals surface area contributed by atoms with Gasteiger partial charge in [-0.2, -0.15) is 0 Å². The minimum absolute atomic E-state index is 0.715. The highest BCUT2D eigenvalue weighted by Crippen LogP contribution is 2.33. The Morgan fingerprint density at radius 1 is 1.07 bits per heavy atom. The number of para-hydroxylation sites is 1. The average Bonchev–Trinajstić information content (AvgIpc) is 3.16. The lowest BCUT2D eigenvalue weighted by atomic mass is 10.1. The fourth-order valence-electron chi connectivity index (χ4n) is 3.16. The molecule has 0 radical (unpaired) electrons. The zero-order chi connectivity index (χ0) is 19.5. The number of hydrogen-bond donors (Lipinski definition) is 0. The molecule has 0 saturated heterocycles. The Morgan fingerprint density at radius 2 is 1.93 bits per heavy atom. The van der Waals surface area contributed by atoms with E-state index in [9.17, 15) is 0 Å². The molecule has 142 valence electrons. The molecule has 2 aromatic heterocycles. The van der Waals surface area contributed by atoms with E-state index in [-0.39, 0.29) is 0 Å². The normalized spacial score (nSPS) is 11.1. The highest BCUT2D eigenvalue weighted by molar-refractivity contribution is 7.98. The summed E-state index contributed by atoms with van der Waals surface area (Å²) < 4.78 is 7.59. The molecule has 0 amide bonds. The Labute approximate surface area is 172 Å². The molecule has 2 heterocycles. The number of halogens is 1. The highest BCUT2D eigenvalue weighted by atomic mass is 35.5. The van der Waals surface area contributed by atoms with Crippen molar-refractivity contribution < 1.29 is 4.74 Å². The molecule has 0 aliphatic heterocycles. The van der Waals surface area contributed by atoms with Gasteiger partial charge < -0.3 is 9.30 Å². The predicted molar refractivity (Wildman–Crippen MR) is 114 cm³/mol. The molecule has 2 aromatic carbocycles. The van der Waals surface area contributed by atoms with Crippen LogP contribution in [-0.4, -0.2) is 26.9 Å². The Morgan fingerprint density at radius 3 is 2.75 bits per heavy atom. The van der Waals surface area contributed by atoms with Crippen molar-refractivity contribution in [1.29, 1.82) is 0 Å². The zero-order valence-electron chi connectivity index (χ0n) is 15.6. The molecule has 0 aliphatic rings. The molecule has 0 unspecified atom stereocenters. The Kier molecular flexibility index (Phi) is 5.50. The van der Waals surface area contributed by atoms with Gasteiger partial charge in [0.05, 0.1) is 18.2 Å². The summed E-state index contributed by atoms with van der Waals surface area (Å²) in [4.78, 5) is 4.52. The lowest BCUT2D eigenvalue weighted by Gasteiger charge is -2.11. The zero-order valence-corrected chi connectivity index (χ0v) is 17.2. The summed E-state index contributed by atoms with van der Waals surface area (Å²) in [5.74, 6) is 2.32. The van der Waals surface area contributed by atoms with Crippen molar-refractivity contribution in [3.63, 3.8) is 0 Å². The first-order valence-electron chi connectivity index (χ1n) is 8.94. The number of nitrogens with zero attached hydrogens (tertiary/aromatic N) is 4. The van der Waals surface area contributed by atoms with Gasteiger partial charge in [-0.05, 0) is 42.8 Å². The summed E-state index contributed by atoms with van der Waals surface area (Å²) >= 11 is 7.95.